The lowest BCUT2D eigenvalue weighted by Gasteiger charge is -2.42. The minimum Gasteiger partial charge on any atom is -0.380 e. The molecule has 198 valence electrons. The first-order chi connectivity index (χ1) is 14.9. The van der Waals surface area contributed by atoms with Crippen molar-refractivity contribution in [3.8, 4) is 0 Å². The molecule has 0 atom stereocenters. The third kappa shape index (κ3) is 8.94. The molecule has 4 nitrogen and oxygen atoms in total. The number of rotatable bonds is 16. The molecule has 16 heteroatoms. The van der Waals surface area contributed by atoms with Gasteiger partial charge in [0.15, 0.2) is 0 Å². The predicted molar refractivity (Wildman–Crippen MR) is 85.9 cm³/mol. The molecule has 33 heavy (non-hydrogen) atoms. The van der Waals surface area contributed by atoms with Crippen molar-refractivity contribution < 1.29 is 71.6 Å². The van der Waals surface area contributed by atoms with E-state index in [-0.39, 0.29) is 26.1 Å². The third-order valence-corrected chi connectivity index (χ3v) is 4.86. The van der Waals surface area contributed by atoms with Crippen molar-refractivity contribution >= 4 is 0 Å². The molecule has 0 aliphatic carbocycles. The summed E-state index contributed by atoms with van der Waals surface area (Å²) in [6.45, 7) is -2.96. The molecule has 0 aromatic heterocycles. The summed E-state index contributed by atoms with van der Waals surface area (Å²) < 4.78 is 168. The van der Waals surface area contributed by atoms with Crippen molar-refractivity contribution in [2.45, 2.75) is 63.8 Å². The molecule has 0 bridgehead atoms. The Balaban J connectivity index is 2.79. The van der Waals surface area contributed by atoms with Gasteiger partial charge in [0, 0.05) is 10.8 Å². The fourth-order valence-corrected chi connectivity index (χ4v) is 2.75. The Bertz CT molecular complexity index is 575. The lowest BCUT2D eigenvalue weighted by Crippen LogP contribution is -2.49. The maximum absolute atomic E-state index is 13.1. The third-order valence-electron chi connectivity index (χ3n) is 4.86. The van der Waals surface area contributed by atoms with Gasteiger partial charge in [0.2, 0.25) is 0 Å². The number of hydrogen-bond donors (Lipinski definition) is 0. The number of hydrogen-bond acceptors (Lipinski definition) is 4. The molecule has 1 aliphatic heterocycles. The van der Waals surface area contributed by atoms with Crippen molar-refractivity contribution in [1.29, 1.82) is 0 Å². The van der Waals surface area contributed by atoms with Gasteiger partial charge in [0.25, 0.3) is 0 Å². The van der Waals surface area contributed by atoms with E-state index in [4.69, 9.17) is 4.74 Å². The van der Waals surface area contributed by atoms with Crippen LogP contribution in [-0.2, 0) is 18.9 Å². The lowest BCUT2D eigenvalue weighted by molar-refractivity contribution is -0.329. The van der Waals surface area contributed by atoms with Gasteiger partial charge in [0.05, 0.1) is 33.0 Å². The molecular weight excluding hydrogens is 496 g/mol. The largest absolute Gasteiger partial charge is 0.416 e. The van der Waals surface area contributed by atoms with Crippen molar-refractivity contribution in [2.75, 3.05) is 33.0 Å². The van der Waals surface area contributed by atoms with Crippen LogP contribution < -0.4 is 0 Å². The highest BCUT2D eigenvalue weighted by Gasteiger charge is 2.49. The maximum Gasteiger partial charge on any atom is 0.416 e. The van der Waals surface area contributed by atoms with Crippen molar-refractivity contribution in [3.63, 3.8) is 0 Å². The zero-order valence-corrected chi connectivity index (χ0v) is 17.1. The average Bonchev–Trinajstić information content (AvgIpc) is 2.66. The molecule has 1 aliphatic rings. The molecule has 1 saturated heterocycles. The minimum atomic E-state index is -4.97. The Morgan fingerprint density at radius 1 is 0.727 bits per heavy atom. The molecule has 0 spiro atoms. The van der Waals surface area contributed by atoms with Crippen LogP contribution in [-0.4, -0.2) is 70.6 Å². The molecule has 0 aromatic rings. The van der Waals surface area contributed by atoms with Gasteiger partial charge < -0.3 is 18.9 Å². The van der Waals surface area contributed by atoms with Gasteiger partial charge in [-0.15, -0.1) is 0 Å². The Morgan fingerprint density at radius 2 is 1.12 bits per heavy atom. The molecule has 0 aromatic carbocycles. The molecule has 0 radical (unpaired) electrons. The lowest BCUT2D eigenvalue weighted by atomic mass is 9.78. The van der Waals surface area contributed by atoms with Crippen molar-refractivity contribution in [2.24, 2.45) is 10.8 Å². The van der Waals surface area contributed by atoms with Gasteiger partial charge in [-0.05, 0) is 12.8 Å². The fourth-order valence-electron chi connectivity index (χ4n) is 2.75. The highest BCUT2D eigenvalue weighted by molar-refractivity contribution is 4.87. The van der Waals surface area contributed by atoms with E-state index in [1.54, 1.807) is 0 Å². The standard InChI is InChI=1S/C17H22F12O4/c1-13(5-31-15(24,25)10(18)19,6-32-16(26,27)11(20)21)3-2-4-14(7-30-8-14)9-33-17(28,29)12(22)23/h10-12H,2-9H2,1H3. The van der Waals surface area contributed by atoms with E-state index in [9.17, 15) is 52.7 Å². The monoisotopic (exact) mass is 518 g/mol. The molecule has 0 N–H and O–H groups in total. The summed E-state index contributed by atoms with van der Waals surface area (Å²) in [6.07, 6.45) is -28.0. The Kier molecular flexibility index (Phi) is 10.2. The number of halogens is 12. The van der Waals surface area contributed by atoms with Crippen molar-refractivity contribution in [1.82, 2.24) is 0 Å². The van der Waals surface area contributed by atoms with Crippen LogP contribution in [0.4, 0.5) is 52.7 Å². The first-order valence-corrected chi connectivity index (χ1v) is 9.34. The van der Waals surface area contributed by atoms with Crippen LogP contribution in [0.5, 0.6) is 0 Å². The van der Waals surface area contributed by atoms with Gasteiger partial charge in [-0.3, -0.25) is 0 Å². The number of ether oxygens (including phenoxy) is 4. The summed E-state index contributed by atoms with van der Waals surface area (Å²) in [5.41, 5.74) is -3.11. The Morgan fingerprint density at radius 3 is 1.45 bits per heavy atom. The first kappa shape index (κ1) is 30.0. The normalized spacial score (nSPS) is 17.8. The van der Waals surface area contributed by atoms with E-state index >= 15 is 0 Å². The average molecular weight is 518 g/mol. The van der Waals surface area contributed by atoms with Gasteiger partial charge in [-0.2, -0.15) is 26.3 Å². The zero-order chi connectivity index (χ0) is 25.7. The van der Waals surface area contributed by atoms with Gasteiger partial charge in [0.1, 0.15) is 0 Å². The smallest absolute Gasteiger partial charge is 0.380 e. The molecular formula is C17H22F12O4. The summed E-state index contributed by atoms with van der Waals surface area (Å²) in [5, 5.41) is 0. The topological polar surface area (TPSA) is 36.9 Å². The van der Waals surface area contributed by atoms with Crippen LogP contribution in [0.2, 0.25) is 0 Å². The molecule has 0 unspecified atom stereocenters. The van der Waals surface area contributed by atoms with E-state index in [0.29, 0.717) is 0 Å². The summed E-state index contributed by atoms with van der Waals surface area (Å²) in [6, 6.07) is 0. The zero-order valence-electron chi connectivity index (χ0n) is 17.1. The van der Waals surface area contributed by atoms with Crippen LogP contribution in [0.15, 0.2) is 0 Å². The minimum absolute atomic E-state index is 0.127. The van der Waals surface area contributed by atoms with Gasteiger partial charge >= 0.3 is 37.6 Å². The van der Waals surface area contributed by atoms with Crippen LogP contribution >= 0.6 is 0 Å². The molecule has 0 amide bonds. The van der Waals surface area contributed by atoms with Crippen LogP contribution in [0, 0.1) is 10.8 Å². The van der Waals surface area contributed by atoms with Crippen molar-refractivity contribution in [3.05, 3.63) is 0 Å². The summed E-state index contributed by atoms with van der Waals surface area (Å²) >= 11 is 0. The Labute approximate surface area is 180 Å². The van der Waals surface area contributed by atoms with E-state index in [2.05, 4.69) is 14.2 Å². The highest BCUT2D eigenvalue weighted by atomic mass is 19.3. The first-order valence-electron chi connectivity index (χ1n) is 9.34. The highest BCUT2D eigenvalue weighted by Crippen LogP contribution is 2.40. The maximum atomic E-state index is 13.1. The fraction of sp³-hybridized carbons (Fsp3) is 1.00. The summed E-state index contributed by atoms with van der Waals surface area (Å²) in [5.74, 6) is 0. The van der Waals surface area contributed by atoms with E-state index in [1.807, 2.05) is 0 Å². The summed E-state index contributed by atoms with van der Waals surface area (Å²) in [7, 11) is 0. The Hall–Kier alpha value is -1.00. The van der Waals surface area contributed by atoms with E-state index in [1.165, 1.54) is 0 Å². The predicted octanol–water partition coefficient (Wildman–Crippen LogP) is 5.80. The molecule has 0 saturated carbocycles. The SMILES string of the molecule is CC(CCCC1(COC(F)(F)C(F)F)COC1)(COC(F)(F)C(F)F)COC(F)(F)C(F)F. The number of alkyl halides is 12. The molecule has 1 fully saturated rings. The molecule has 1 rings (SSSR count). The quantitative estimate of drug-likeness (QED) is 0.242. The van der Waals surface area contributed by atoms with Gasteiger partial charge in [-0.1, -0.05) is 13.3 Å². The van der Waals surface area contributed by atoms with Gasteiger partial charge in [-0.25, -0.2) is 26.3 Å². The van der Waals surface area contributed by atoms with Crippen LogP contribution in [0.3, 0.4) is 0 Å². The molecule has 1 heterocycles. The van der Waals surface area contributed by atoms with Crippen LogP contribution in [0.1, 0.15) is 26.2 Å². The van der Waals surface area contributed by atoms with E-state index < -0.39 is 74.7 Å². The van der Waals surface area contributed by atoms with E-state index in [0.717, 1.165) is 6.92 Å². The van der Waals surface area contributed by atoms with Crippen LogP contribution in [0.25, 0.3) is 0 Å². The second-order valence-electron chi connectivity index (χ2n) is 8.11. The second kappa shape index (κ2) is 11.2. The second-order valence-corrected chi connectivity index (χ2v) is 8.11. The summed E-state index contributed by atoms with van der Waals surface area (Å²) in [4.78, 5) is 0.